The van der Waals surface area contributed by atoms with Gasteiger partial charge in [0.25, 0.3) is 0 Å². The molecule has 0 radical (unpaired) electrons. The molecule has 4 nitrogen and oxygen atoms in total. The van der Waals surface area contributed by atoms with Crippen LogP contribution in [0.4, 0.5) is 0 Å². The maximum Gasteiger partial charge on any atom is 0.242 e. The Labute approximate surface area is 126 Å². The predicted molar refractivity (Wildman–Crippen MR) is 79.4 cm³/mol. The summed E-state index contributed by atoms with van der Waals surface area (Å²) in [5, 5.41) is 6.03. The molecular weight excluding hydrogens is 264 g/mol. The van der Waals surface area contributed by atoms with Gasteiger partial charge in [-0.1, -0.05) is 0 Å². The van der Waals surface area contributed by atoms with Gasteiger partial charge >= 0.3 is 0 Å². The zero-order valence-corrected chi connectivity index (χ0v) is 12.7. The molecule has 0 aromatic heterocycles. The lowest BCUT2D eigenvalue weighted by Crippen LogP contribution is -2.57. The average Bonchev–Trinajstić information content (AvgIpc) is 2.62. The molecule has 4 aliphatic carbocycles. The Bertz CT molecular complexity index is 424. The van der Waals surface area contributed by atoms with E-state index in [-0.39, 0.29) is 23.3 Å². The van der Waals surface area contributed by atoms with Crippen molar-refractivity contribution in [1.29, 1.82) is 0 Å². The maximum atomic E-state index is 12.9. The first-order valence-corrected chi connectivity index (χ1v) is 8.73. The molecule has 1 atom stereocenters. The molecule has 21 heavy (non-hydrogen) atoms. The second kappa shape index (κ2) is 4.99. The second-order valence-corrected chi connectivity index (χ2v) is 8.01. The van der Waals surface area contributed by atoms with Crippen LogP contribution in [0.3, 0.4) is 0 Å². The molecule has 5 aliphatic rings. The molecule has 1 heterocycles. The number of rotatable bonds is 2. The zero-order chi connectivity index (χ0) is 14.4. The Balaban J connectivity index is 1.48. The van der Waals surface area contributed by atoms with Crippen molar-refractivity contribution in [2.24, 2.45) is 23.2 Å². The molecule has 0 aromatic carbocycles. The molecule has 5 fully saturated rings. The highest BCUT2D eigenvalue weighted by Crippen LogP contribution is 2.60. The standard InChI is InChI=1S/C17H26N2O2/c20-15-14(3-1-2-4-18-15)19-16(21)17-8-11-5-12(9-17)7-13(6-11)10-17/h11-14H,1-10H2,(H,18,20)(H,19,21)/t11?,12?,13?,14-,17?/m0/s1. The molecule has 4 saturated carbocycles. The van der Waals surface area contributed by atoms with E-state index in [9.17, 15) is 9.59 Å². The van der Waals surface area contributed by atoms with Gasteiger partial charge in [0.2, 0.25) is 11.8 Å². The van der Waals surface area contributed by atoms with E-state index in [2.05, 4.69) is 10.6 Å². The third-order valence-corrected chi connectivity index (χ3v) is 6.36. The fourth-order valence-electron chi connectivity index (χ4n) is 5.78. The largest absolute Gasteiger partial charge is 0.354 e. The lowest BCUT2D eigenvalue weighted by atomic mass is 9.49. The fourth-order valence-corrected chi connectivity index (χ4v) is 5.78. The van der Waals surface area contributed by atoms with E-state index in [1.54, 1.807) is 0 Å². The summed E-state index contributed by atoms with van der Waals surface area (Å²) in [5.41, 5.74) is -0.138. The summed E-state index contributed by atoms with van der Waals surface area (Å²) in [4.78, 5) is 25.0. The number of nitrogens with one attached hydrogen (secondary N) is 2. The first-order valence-electron chi connectivity index (χ1n) is 8.73. The lowest BCUT2D eigenvalue weighted by Gasteiger charge is -2.55. The summed E-state index contributed by atoms with van der Waals surface area (Å²) < 4.78 is 0. The van der Waals surface area contributed by atoms with Crippen LogP contribution in [-0.4, -0.2) is 24.4 Å². The van der Waals surface area contributed by atoms with Gasteiger partial charge in [-0.25, -0.2) is 0 Å². The van der Waals surface area contributed by atoms with Gasteiger partial charge in [-0.3, -0.25) is 9.59 Å². The van der Waals surface area contributed by atoms with Crippen molar-refractivity contribution in [3.63, 3.8) is 0 Å². The topological polar surface area (TPSA) is 58.2 Å². The molecule has 1 aliphatic heterocycles. The van der Waals surface area contributed by atoms with Crippen LogP contribution in [0.15, 0.2) is 0 Å². The minimum atomic E-state index is -0.298. The normalized spacial score (nSPS) is 45.0. The molecule has 116 valence electrons. The van der Waals surface area contributed by atoms with E-state index in [0.717, 1.165) is 62.8 Å². The number of hydrogen-bond donors (Lipinski definition) is 2. The van der Waals surface area contributed by atoms with Gasteiger partial charge < -0.3 is 10.6 Å². The number of carbonyl (C=O) groups is 2. The van der Waals surface area contributed by atoms with Gasteiger partial charge in [-0.2, -0.15) is 0 Å². The van der Waals surface area contributed by atoms with Crippen molar-refractivity contribution in [3.8, 4) is 0 Å². The highest BCUT2D eigenvalue weighted by atomic mass is 16.2. The Morgan fingerprint density at radius 2 is 1.67 bits per heavy atom. The van der Waals surface area contributed by atoms with Gasteiger partial charge in [0.1, 0.15) is 6.04 Å². The summed E-state index contributed by atoms with van der Waals surface area (Å²) in [6.07, 6.45) is 10.1. The monoisotopic (exact) mass is 290 g/mol. The highest BCUT2D eigenvalue weighted by molar-refractivity contribution is 5.90. The first-order chi connectivity index (χ1) is 10.1. The smallest absolute Gasteiger partial charge is 0.242 e. The summed E-state index contributed by atoms with van der Waals surface area (Å²) in [5.74, 6) is 2.51. The van der Waals surface area contributed by atoms with E-state index >= 15 is 0 Å². The van der Waals surface area contributed by atoms with Crippen molar-refractivity contribution in [2.45, 2.75) is 63.8 Å². The van der Waals surface area contributed by atoms with Crippen LogP contribution < -0.4 is 10.6 Å². The summed E-state index contributed by atoms with van der Waals surface area (Å²) in [6.45, 7) is 0.753. The number of carbonyl (C=O) groups excluding carboxylic acids is 2. The third kappa shape index (κ3) is 2.36. The highest BCUT2D eigenvalue weighted by Gasteiger charge is 2.54. The Morgan fingerprint density at radius 3 is 2.29 bits per heavy atom. The summed E-state index contributed by atoms with van der Waals surface area (Å²) in [6, 6.07) is -0.298. The molecule has 0 aromatic rings. The summed E-state index contributed by atoms with van der Waals surface area (Å²) >= 11 is 0. The van der Waals surface area contributed by atoms with Gasteiger partial charge in [0, 0.05) is 12.0 Å². The number of amides is 2. The van der Waals surface area contributed by atoms with Crippen molar-refractivity contribution in [1.82, 2.24) is 10.6 Å². The Kier molecular flexibility index (Phi) is 3.23. The van der Waals surface area contributed by atoms with E-state index < -0.39 is 0 Å². The van der Waals surface area contributed by atoms with E-state index in [1.165, 1.54) is 19.3 Å². The SMILES string of the molecule is O=C1NCCCC[C@@H]1NC(=O)C12CC3CC(CC(C3)C1)C2. The van der Waals surface area contributed by atoms with Crippen molar-refractivity contribution >= 4 is 11.8 Å². The lowest BCUT2D eigenvalue weighted by molar-refractivity contribution is -0.148. The minimum Gasteiger partial charge on any atom is -0.354 e. The van der Waals surface area contributed by atoms with Crippen molar-refractivity contribution in [3.05, 3.63) is 0 Å². The zero-order valence-electron chi connectivity index (χ0n) is 12.7. The Hall–Kier alpha value is -1.06. The van der Waals surface area contributed by atoms with Crippen molar-refractivity contribution < 1.29 is 9.59 Å². The van der Waals surface area contributed by atoms with Crippen LogP contribution in [0.2, 0.25) is 0 Å². The molecule has 4 heteroatoms. The molecule has 2 amide bonds. The Morgan fingerprint density at radius 1 is 1.05 bits per heavy atom. The molecule has 4 bridgehead atoms. The minimum absolute atomic E-state index is 0.0191. The second-order valence-electron chi connectivity index (χ2n) is 8.01. The van der Waals surface area contributed by atoms with Crippen LogP contribution >= 0.6 is 0 Å². The van der Waals surface area contributed by atoms with Gasteiger partial charge in [-0.15, -0.1) is 0 Å². The predicted octanol–water partition coefficient (Wildman–Crippen LogP) is 1.99. The van der Waals surface area contributed by atoms with Crippen LogP contribution in [-0.2, 0) is 9.59 Å². The van der Waals surface area contributed by atoms with E-state index in [0.29, 0.717) is 0 Å². The van der Waals surface area contributed by atoms with E-state index in [4.69, 9.17) is 0 Å². The molecule has 1 saturated heterocycles. The van der Waals surface area contributed by atoms with Gasteiger partial charge in [-0.05, 0) is 75.5 Å². The van der Waals surface area contributed by atoms with Gasteiger partial charge in [0.15, 0.2) is 0 Å². The average molecular weight is 290 g/mol. The summed E-state index contributed by atoms with van der Waals surface area (Å²) in [7, 11) is 0. The van der Waals surface area contributed by atoms with Crippen LogP contribution in [0.25, 0.3) is 0 Å². The quantitative estimate of drug-likeness (QED) is 0.817. The molecule has 0 spiro atoms. The van der Waals surface area contributed by atoms with E-state index in [1.807, 2.05) is 0 Å². The van der Waals surface area contributed by atoms with Crippen molar-refractivity contribution in [2.75, 3.05) is 6.54 Å². The van der Waals surface area contributed by atoms with Crippen LogP contribution in [0.1, 0.15) is 57.8 Å². The molecular formula is C17H26N2O2. The third-order valence-electron chi connectivity index (χ3n) is 6.36. The maximum absolute atomic E-state index is 12.9. The molecule has 5 rings (SSSR count). The molecule has 2 N–H and O–H groups in total. The van der Waals surface area contributed by atoms with Crippen LogP contribution in [0.5, 0.6) is 0 Å². The van der Waals surface area contributed by atoms with Gasteiger partial charge in [0.05, 0.1) is 0 Å². The first kappa shape index (κ1) is 13.6. The number of hydrogen-bond acceptors (Lipinski definition) is 2. The fraction of sp³-hybridized carbons (Fsp3) is 0.882. The van der Waals surface area contributed by atoms with Crippen LogP contribution in [0, 0.1) is 23.2 Å². The molecule has 0 unspecified atom stereocenters.